The predicted molar refractivity (Wildman–Crippen MR) is 116 cm³/mol. The number of nitrogens with zero attached hydrogens (tertiary/aromatic N) is 3. The summed E-state index contributed by atoms with van der Waals surface area (Å²) in [5.41, 5.74) is 2.50. The third-order valence-corrected chi connectivity index (χ3v) is 8.37. The second-order valence-corrected chi connectivity index (χ2v) is 9.96. The maximum Gasteiger partial charge on any atom is 0.236 e. The van der Waals surface area contributed by atoms with Crippen molar-refractivity contribution >= 4 is 38.8 Å². The van der Waals surface area contributed by atoms with Crippen molar-refractivity contribution in [2.45, 2.75) is 38.1 Å². The van der Waals surface area contributed by atoms with Crippen LogP contribution in [0.25, 0.3) is 10.2 Å². The fourth-order valence-electron chi connectivity index (χ4n) is 4.52. The average molecular weight is 412 g/mol. The molecule has 28 heavy (non-hydrogen) atoms. The number of carbonyl (C=O) groups is 1. The van der Waals surface area contributed by atoms with Gasteiger partial charge in [0, 0.05) is 36.5 Å². The van der Waals surface area contributed by atoms with Crippen molar-refractivity contribution < 1.29 is 4.79 Å². The Balaban J connectivity index is 1.26. The number of aromatic nitrogens is 1. The second kappa shape index (κ2) is 7.58. The minimum atomic E-state index is 0.274. The van der Waals surface area contributed by atoms with Crippen LogP contribution in [-0.4, -0.2) is 46.9 Å². The summed E-state index contributed by atoms with van der Waals surface area (Å²) in [6.07, 6.45) is 3.26. The van der Waals surface area contributed by atoms with Crippen LogP contribution in [0, 0.1) is 0 Å². The van der Waals surface area contributed by atoms with Crippen molar-refractivity contribution in [2.24, 2.45) is 0 Å². The number of rotatable bonds is 3. The zero-order valence-corrected chi connectivity index (χ0v) is 17.8. The van der Waals surface area contributed by atoms with Gasteiger partial charge in [0.25, 0.3) is 0 Å². The van der Waals surface area contributed by atoms with Crippen molar-refractivity contribution in [3.05, 3.63) is 51.2 Å². The van der Waals surface area contributed by atoms with E-state index in [4.69, 9.17) is 4.98 Å². The number of thiophene rings is 1. The summed E-state index contributed by atoms with van der Waals surface area (Å²) in [6, 6.07) is 10.9. The molecular weight excluding hydrogens is 386 g/mol. The van der Waals surface area contributed by atoms with Crippen molar-refractivity contribution in [3.8, 4) is 0 Å². The summed E-state index contributed by atoms with van der Waals surface area (Å²) >= 11 is 3.64. The van der Waals surface area contributed by atoms with Gasteiger partial charge in [-0.25, -0.2) is 4.98 Å². The van der Waals surface area contributed by atoms with E-state index in [0.717, 1.165) is 44.4 Å². The van der Waals surface area contributed by atoms with Crippen LogP contribution in [-0.2, 0) is 11.2 Å². The van der Waals surface area contributed by atoms with E-state index < -0.39 is 0 Å². The van der Waals surface area contributed by atoms with Gasteiger partial charge in [0.05, 0.1) is 21.8 Å². The lowest BCUT2D eigenvalue weighted by Crippen LogP contribution is -2.46. The molecule has 0 saturated carbocycles. The summed E-state index contributed by atoms with van der Waals surface area (Å²) in [5, 5.41) is 3.37. The minimum absolute atomic E-state index is 0.274. The van der Waals surface area contributed by atoms with Crippen LogP contribution in [0.15, 0.2) is 35.7 Å². The minimum Gasteiger partial charge on any atom is -0.341 e. The van der Waals surface area contributed by atoms with Crippen LogP contribution in [0.1, 0.15) is 47.2 Å². The summed E-state index contributed by atoms with van der Waals surface area (Å²) in [4.78, 5) is 23.8. The number of benzene rings is 1. The number of likely N-dealkylation sites (tertiary alicyclic amines) is 1. The molecule has 0 N–H and O–H groups in total. The Morgan fingerprint density at radius 2 is 2.14 bits per heavy atom. The van der Waals surface area contributed by atoms with Crippen LogP contribution >= 0.6 is 22.7 Å². The van der Waals surface area contributed by atoms with E-state index in [9.17, 15) is 4.79 Å². The predicted octanol–water partition coefficient (Wildman–Crippen LogP) is 4.68. The number of amides is 1. The molecule has 2 aromatic heterocycles. The summed E-state index contributed by atoms with van der Waals surface area (Å²) in [6.45, 7) is 5.44. The third-order valence-electron chi connectivity index (χ3n) is 6.18. The number of para-hydroxylation sites is 1. The second-order valence-electron chi connectivity index (χ2n) is 7.89. The Kier molecular flexibility index (Phi) is 4.95. The molecule has 1 amide bonds. The molecule has 5 rings (SSSR count). The smallest absolute Gasteiger partial charge is 0.236 e. The standard InChI is InChI=1S/C22H25N3OS2/c1-15-17-9-12-27-19(17)8-11-24(15)14-21(26)25-10-4-5-16(13-25)22-23-18-6-2-3-7-20(18)28-22/h2-3,6-7,9,12,15-16H,4-5,8,10-11,13-14H2,1H3/t15-,16-/m1/s1. The SMILES string of the molecule is C[C@@H]1c2ccsc2CCN1CC(=O)N1CCC[C@@H](c2nc3ccccc3s2)C1. The van der Waals surface area contributed by atoms with Gasteiger partial charge in [-0.15, -0.1) is 22.7 Å². The monoisotopic (exact) mass is 411 g/mol. The average Bonchev–Trinajstić information content (AvgIpc) is 3.37. The summed E-state index contributed by atoms with van der Waals surface area (Å²) in [7, 11) is 0. The molecule has 2 atom stereocenters. The molecule has 0 radical (unpaired) electrons. The lowest BCUT2D eigenvalue weighted by Gasteiger charge is -2.37. The molecule has 4 heterocycles. The number of fused-ring (bicyclic) bond motifs is 2. The highest BCUT2D eigenvalue weighted by Gasteiger charge is 2.31. The van der Waals surface area contributed by atoms with Gasteiger partial charge >= 0.3 is 0 Å². The lowest BCUT2D eigenvalue weighted by atomic mass is 9.98. The maximum atomic E-state index is 13.1. The molecule has 0 aliphatic carbocycles. The third kappa shape index (κ3) is 3.38. The van der Waals surface area contributed by atoms with E-state index in [0.29, 0.717) is 18.5 Å². The van der Waals surface area contributed by atoms with Gasteiger partial charge in [-0.05, 0) is 55.3 Å². The first-order valence-electron chi connectivity index (χ1n) is 10.1. The normalized spacial score (nSPS) is 23.1. The molecule has 3 aromatic rings. The fraction of sp³-hybridized carbons (Fsp3) is 0.455. The first-order valence-corrected chi connectivity index (χ1v) is 11.8. The van der Waals surface area contributed by atoms with Gasteiger partial charge in [0.1, 0.15) is 0 Å². The Labute approximate surface area is 173 Å². The van der Waals surface area contributed by atoms with E-state index in [1.54, 1.807) is 11.3 Å². The molecular formula is C22H25N3OS2. The zero-order chi connectivity index (χ0) is 19.1. The topological polar surface area (TPSA) is 36.4 Å². The van der Waals surface area contributed by atoms with E-state index >= 15 is 0 Å². The first kappa shape index (κ1) is 18.3. The quantitative estimate of drug-likeness (QED) is 0.628. The van der Waals surface area contributed by atoms with Crippen LogP contribution in [0.3, 0.4) is 0 Å². The van der Waals surface area contributed by atoms with Crippen LogP contribution in [0.2, 0.25) is 0 Å². The Hall–Kier alpha value is -1.76. The van der Waals surface area contributed by atoms with Crippen LogP contribution in [0.4, 0.5) is 0 Å². The number of carbonyl (C=O) groups excluding carboxylic acids is 1. The Morgan fingerprint density at radius 1 is 1.25 bits per heavy atom. The molecule has 1 aromatic carbocycles. The van der Waals surface area contributed by atoms with Gasteiger partial charge in [-0.1, -0.05) is 12.1 Å². The molecule has 0 spiro atoms. The molecule has 0 bridgehead atoms. The van der Waals surface area contributed by atoms with Crippen LogP contribution in [0.5, 0.6) is 0 Å². The maximum absolute atomic E-state index is 13.1. The molecule has 1 saturated heterocycles. The molecule has 2 aliphatic heterocycles. The van der Waals surface area contributed by atoms with Gasteiger partial charge in [0.15, 0.2) is 0 Å². The molecule has 1 fully saturated rings. The molecule has 146 valence electrons. The van der Waals surface area contributed by atoms with Gasteiger partial charge in [-0.3, -0.25) is 9.69 Å². The number of hydrogen-bond donors (Lipinski definition) is 0. The first-order chi connectivity index (χ1) is 13.7. The Morgan fingerprint density at radius 3 is 3.04 bits per heavy atom. The molecule has 4 nitrogen and oxygen atoms in total. The van der Waals surface area contributed by atoms with E-state index in [2.05, 4.69) is 46.4 Å². The highest BCUT2D eigenvalue weighted by Crippen LogP contribution is 2.34. The molecule has 0 unspecified atom stereocenters. The number of piperidine rings is 1. The molecule has 2 aliphatic rings. The molecule has 6 heteroatoms. The largest absolute Gasteiger partial charge is 0.341 e. The summed E-state index contributed by atoms with van der Waals surface area (Å²) < 4.78 is 1.25. The van der Waals surface area contributed by atoms with Crippen molar-refractivity contribution in [1.82, 2.24) is 14.8 Å². The summed E-state index contributed by atoms with van der Waals surface area (Å²) in [5.74, 6) is 0.647. The van der Waals surface area contributed by atoms with E-state index in [1.807, 2.05) is 17.4 Å². The van der Waals surface area contributed by atoms with E-state index in [1.165, 1.54) is 20.1 Å². The van der Waals surface area contributed by atoms with Crippen molar-refractivity contribution in [2.75, 3.05) is 26.2 Å². The lowest BCUT2D eigenvalue weighted by molar-refractivity contribution is -0.134. The highest BCUT2D eigenvalue weighted by atomic mass is 32.1. The number of hydrogen-bond acceptors (Lipinski definition) is 5. The number of thiazole rings is 1. The van der Waals surface area contributed by atoms with Gasteiger partial charge in [0.2, 0.25) is 5.91 Å². The van der Waals surface area contributed by atoms with Gasteiger partial charge in [-0.2, -0.15) is 0 Å². The van der Waals surface area contributed by atoms with Crippen molar-refractivity contribution in [1.29, 1.82) is 0 Å². The van der Waals surface area contributed by atoms with Crippen LogP contribution < -0.4 is 0 Å². The van der Waals surface area contributed by atoms with Crippen molar-refractivity contribution in [3.63, 3.8) is 0 Å². The zero-order valence-electron chi connectivity index (χ0n) is 16.1. The fourth-order valence-corrected chi connectivity index (χ4v) is 6.58. The van der Waals surface area contributed by atoms with Gasteiger partial charge < -0.3 is 4.90 Å². The highest BCUT2D eigenvalue weighted by molar-refractivity contribution is 7.18. The van der Waals surface area contributed by atoms with E-state index in [-0.39, 0.29) is 5.91 Å². The Bertz CT molecular complexity index is 962.